The molecule has 2 N–H and O–H groups in total. The van der Waals surface area contributed by atoms with Crippen LogP contribution in [0.2, 0.25) is 0 Å². The maximum absolute atomic E-state index is 13.1. The molecule has 0 saturated heterocycles. The summed E-state index contributed by atoms with van der Waals surface area (Å²) in [6.07, 6.45) is 2.12. The van der Waals surface area contributed by atoms with Gasteiger partial charge in [0.15, 0.2) is 5.78 Å². The highest BCUT2D eigenvalue weighted by Gasteiger charge is 2.33. The Kier molecular flexibility index (Phi) is 9.29. The first-order chi connectivity index (χ1) is 20.5. The van der Waals surface area contributed by atoms with E-state index in [2.05, 4.69) is 5.32 Å². The van der Waals surface area contributed by atoms with E-state index in [-0.39, 0.29) is 24.0 Å². The molecular formula is C35H34N2O5. The number of hydrogen-bond donors (Lipinski definition) is 2. The van der Waals surface area contributed by atoms with Gasteiger partial charge in [0.05, 0.1) is 6.54 Å². The van der Waals surface area contributed by atoms with Crippen molar-refractivity contribution in [2.45, 2.75) is 31.8 Å². The quantitative estimate of drug-likeness (QED) is 0.187. The summed E-state index contributed by atoms with van der Waals surface area (Å²) in [4.78, 5) is 39.9. The van der Waals surface area contributed by atoms with Crippen LogP contribution in [0.5, 0.6) is 5.75 Å². The van der Waals surface area contributed by atoms with Crippen molar-refractivity contribution in [2.24, 2.45) is 5.92 Å². The Morgan fingerprint density at radius 3 is 2.12 bits per heavy atom. The molecule has 7 nitrogen and oxygen atoms in total. The summed E-state index contributed by atoms with van der Waals surface area (Å²) >= 11 is 0. The van der Waals surface area contributed by atoms with Crippen molar-refractivity contribution in [3.05, 3.63) is 131 Å². The Morgan fingerprint density at radius 2 is 1.45 bits per heavy atom. The van der Waals surface area contributed by atoms with Crippen LogP contribution < -0.4 is 10.1 Å². The third-order valence-electron chi connectivity index (χ3n) is 7.28. The van der Waals surface area contributed by atoms with E-state index in [0.717, 1.165) is 24.0 Å². The first-order valence-electron chi connectivity index (χ1n) is 14.2. The fourth-order valence-corrected chi connectivity index (χ4v) is 4.83. The van der Waals surface area contributed by atoms with Gasteiger partial charge in [-0.3, -0.25) is 9.59 Å². The van der Waals surface area contributed by atoms with Gasteiger partial charge < -0.3 is 20.1 Å². The van der Waals surface area contributed by atoms with Crippen molar-refractivity contribution < 1.29 is 24.2 Å². The van der Waals surface area contributed by atoms with Crippen molar-refractivity contribution in [3.8, 4) is 5.75 Å². The average Bonchev–Trinajstić information content (AvgIpc) is 3.87. The fourth-order valence-electron chi connectivity index (χ4n) is 4.83. The van der Waals surface area contributed by atoms with Gasteiger partial charge in [-0.2, -0.15) is 0 Å². The van der Waals surface area contributed by atoms with Gasteiger partial charge in [0.2, 0.25) is 5.91 Å². The summed E-state index contributed by atoms with van der Waals surface area (Å²) < 4.78 is 5.95. The highest BCUT2D eigenvalue weighted by atomic mass is 16.5. The summed E-state index contributed by atoms with van der Waals surface area (Å²) in [6.45, 7) is 1.40. The van der Waals surface area contributed by atoms with Crippen molar-refractivity contribution in [2.75, 3.05) is 18.5 Å². The van der Waals surface area contributed by atoms with Crippen molar-refractivity contribution >= 4 is 23.3 Å². The molecule has 0 bridgehead atoms. The van der Waals surface area contributed by atoms with E-state index in [9.17, 15) is 19.5 Å². The number of aliphatic carboxylic acids is 1. The van der Waals surface area contributed by atoms with Crippen molar-refractivity contribution in [3.63, 3.8) is 0 Å². The topological polar surface area (TPSA) is 95.9 Å². The lowest BCUT2D eigenvalue weighted by Crippen LogP contribution is -2.35. The molecule has 1 saturated carbocycles. The van der Waals surface area contributed by atoms with E-state index < -0.39 is 12.0 Å². The molecule has 0 unspecified atom stereocenters. The van der Waals surface area contributed by atoms with Crippen LogP contribution in [0.3, 0.4) is 0 Å². The van der Waals surface area contributed by atoms with Gasteiger partial charge in [-0.1, -0.05) is 84.9 Å². The predicted octanol–water partition coefficient (Wildman–Crippen LogP) is 5.84. The number of ether oxygens (including phenoxy) is 1. The normalized spacial score (nSPS) is 13.1. The minimum Gasteiger partial charge on any atom is -0.492 e. The van der Waals surface area contributed by atoms with Crippen LogP contribution in [0.4, 0.5) is 5.69 Å². The number of carboxylic acid groups (broad SMARTS) is 1. The number of ketones is 1. The van der Waals surface area contributed by atoms with Crippen LogP contribution in [0.25, 0.3) is 0 Å². The predicted molar refractivity (Wildman–Crippen MR) is 162 cm³/mol. The number of nitrogens with one attached hydrogen (secondary N) is 1. The number of para-hydroxylation sites is 1. The Balaban J connectivity index is 1.18. The van der Waals surface area contributed by atoms with Gasteiger partial charge in [-0.15, -0.1) is 0 Å². The molecule has 42 heavy (non-hydrogen) atoms. The number of hydrogen-bond acceptors (Lipinski definition) is 5. The number of benzene rings is 4. The number of amides is 1. The molecule has 4 aromatic carbocycles. The molecule has 1 amide bonds. The molecule has 0 aliphatic heterocycles. The first kappa shape index (κ1) is 28.6. The number of rotatable bonds is 14. The Bertz CT molecular complexity index is 1500. The number of nitrogens with zero attached hydrogens (tertiary/aromatic N) is 1. The molecule has 0 heterocycles. The molecular weight excluding hydrogens is 528 g/mol. The van der Waals surface area contributed by atoms with E-state index in [0.29, 0.717) is 42.3 Å². The molecule has 0 spiro atoms. The van der Waals surface area contributed by atoms with E-state index >= 15 is 0 Å². The van der Waals surface area contributed by atoms with E-state index in [1.54, 1.807) is 48.5 Å². The standard InChI is InChI=1S/C35H34N2O5/c38-33(27-11-5-2-6-12-27)30-13-7-8-14-31(30)36-32(35(40)41)23-25-15-19-29(20-16-25)42-22-21-37(34(39)28-17-18-28)24-26-9-3-1-4-10-26/h1-16,19-20,28,32,36H,17-18,21-24H2,(H,40,41)/t32-/m0/s1. The zero-order valence-corrected chi connectivity index (χ0v) is 23.3. The Hall–Kier alpha value is -4.91. The lowest BCUT2D eigenvalue weighted by Gasteiger charge is -2.23. The summed E-state index contributed by atoms with van der Waals surface area (Å²) in [5.41, 5.74) is 3.32. The first-order valence-corrected chi connectivity index (χ1v) is 14.2. The maximum Gasteiger partial charge on any atom is 0.326 e. The fraction of sp³-hybridized carbons (Fsp3) is 0.229. The third-order valence-corrected chi connectivity index (χ3v) is 7.28. The van der Waals surface area contributed by atoms with E-state index in [1.807, 2.05) is 65.6 Å². The molecule has 0 aromatic heterocycles. The molecule has 7 heteroatoms. The van der Waals surface area contributed by atoms with Crippen LogP contribution in [-0.4, -0.2) is 46.9 Å². The highest BCUT2D eigenvalue weighted by molar-refractivity contribution is 6.12. The SMILES string of the molecule is O=C(c1ccccc1)c1ccccc1N[C@@H](Cc1ccc(OCCN(Cc2ccccc2)C(=O)C2CC2)cc1)C(=O)O. The van der Waals surface area contributed by atoms with Crippen molar-refractivity contribution in [1.82, 2.24) is 4.90 Å². The minimum absolute atomic E-state index is 0.132. The second-order valence-electron chi connectivity index (χ2n) is 10.5. The monoisotopic (exact) mass is 562 g/mol. The van der Waals surface area contributed by atoms with E-state index in [4.69, 9.17) is 4.74 Å². The van der Waals surface area contributed by atoms with Crippen LogP contribution in [0.15, 0.2) is 109 Å². The Labute approximate surface area is 245 Å². The number of anilines is 1. The zero-order valence-electron chi connectivity index (χ0n) is 23.3. The molecule has 0 radical (unpaired) electrons. The number of carbonyl (C=O) groups excluding carboxylic acids is 2. The van der Waals surface area contributed by atoms with Crippen LogP contribution in [0, 0.1) is 5.92 Å². The summed E-state index contributed by atoms with van der Waals surface area (Å²) in [6, 6.07) is 32.2. The summed E-state index contributed by atoms with van der Waals surface area (Å²) in [5, 5.41) is 13.0. The second-order valence-corrected chi connectivity index (χ2v) is 10.5. The highest BCUT2D eigenvalue weighted by Crippen LogP contribution is 2.31. The van der Waals surface area contributed by atoms with Gasteiger partial charge in [0.25, 0.3) is 0 Å². The average molecular weight is 563 g/mol. The molecule has 1 aliphatic carbocycles. The third kappa shape index (κ3) is 7.63. The van der Waals surface area contributed by atoms with E-state index in [1.165, 1.54) is 0 Å². The lowest BCUT2D eigenvalue weighted by atomic mass is 10.00. The van der Waals surface area contributed by atoms with Gasteiger partial charge in [0.1, 0.15) is 18.4 Å². The van der Waals surface area contributed by atoms with Gasteiger partial charge in [0, 0.05) is 35.7 Å². The molecule has 214 valence electrons. The second kappa shape index (κ2) is 13.6. The van der Waals surface area contributed by atoms with Gasteiger partial charge in [-0.25, -0.2) is 4.79 Å². The minimum atomic E-state index is -1.02. The molecule has 5 rings (SSSR count). The van der Waals surface area contributed by atoms with Crippen LogP contribution >= 0.6 is 0 Å². The van der Waals surface area contributed by atoms with Crippen molar-refractivity contribution in [1.29, 1.82) is 0 Å². The number of carboxylic acids is 1. The Morgan fingerprint density at radius 1 is 0.810 bits per heavy atom. The molecule has 1 aliphatic rings. The van der Waals surface area contributed by atoms with Gasteiger partial charge >= 0.3 is 5.97 Å². The lowest BCUT2D eigenvalue weighted by molar-refractivity contribution is -0.138. The largest absolute Gasteiger partial charge is 0.492 e. The molecule has 1 atom stereocenters. The smallest absolute Gasteiger partial charge is 0.326 e. The zero-order chi connectivity index (χ0) is 29.3. The molecule has 4 aromatic rings. The summed E-state index contributed by atoms with van der Waals surface area (Å²) in [5.74, 6) is -0.234. The van der Waals surface area contributed by atoms with Crippen LogP contribution in [-0.2, 0) is 22.6 Å². The summed E-state index contributed by atoms with van der Waals surface area (Å²) in [7, 11) is 0. The van der Waals surface area contributed by atoms with Gasteiger partial charge in [-0.05, 0) is 48.2 Å². The maximum atomic E-state index is 13.1. The molecule has 1 fully saturated rings. The number of carbonyl (C=O) groups is 3. The van der Waals surface area contributed by atoms with Crippen LogP contribution in [0.1, 0.15) is 39.9 Å².